The molecule has 0 radical (unpaired) electrons. The molecule has 6 bridgehead atoms. The van der Waals surface area contributed by atoms with Crippen LogP contribution in [-0.2, 0) is 0 Å². The van der Waals surface area contributed by atoms with Crippen molar-refractivity contribution < 1.29 is 14.4 Å². The minimum atomic E-state index is -0.151. The SMILES string of the molecule is O=C1/C=C\c2cccc(c2)C(=O)/C=C\c2cccc(c2)C(=O)/C=C\c2cccc1c2. The van der Waals surface area contributed by atoms with E-state index in [0.717, 1.165) is 16.7 Å². The number of benzene rings is 3. The van der Waals surface area contributed by atoms with Gasteiger partial charge in [-0.05, 0) is 53.1 Å². The van der Waals surface area contributed by atoms with Crippen LogP contribution in [0.1, 0.15) is 47.8 Å². The van der Waals surface area contributed by atoms with Crippen LogP contribution >= 0.6 is 0 Å². The normalized spacial score (nSPS) is 17.0. The minimum absolute atomic E-state index is 0.151. The van der Waals surface area contributed by atoms with Gasteiger partial charge in [0.25, 0.3) is 0 Å². The van der Waals surface area contributed by atoms with Crippen molar-refractivity contribution in [1.29, 1.82) is 0 Å². The standard InChI is InChI=1S/C27H18O3/c28-25-14-11-20-5-2-9-24(17-20)27(30)15-12-21-6-3-8-23(18-21)26(29)13-10-19-4-1-7-22(25)16-19/h1-18H/b13-10-,14-11-,15-12-. The topological polar surface area (TPSA) is 51.2 Å². The number of hydrogen-bond acceptors (Lipinski definition) is 3. The molecule has 1 aliphatic carbocycles. The summed E-state index contributed by atoms with van der Waals surface area (Å²) >= 11 is 0. The van der Waals surface area contributed by atoms with E-state index in [2.05, 4.69) is 0 Å². The smallest absolute Gasteiger partial charge is 0.185 e. The van der Waals surface area contributed by atoms with E-state index in [1.54, 1.807) is 72.8 Å². The Bertz CT molecular complexity index is 1090. The molecule has 0 amide bonds. The van der Waals surface area contributed by atoms with Crippen molar-refractivity contribution in [3.8, 4) is 0 Å². The van der Waals surface area contributed by atoms with Crippen LogP contribution in [0.4, 0.5) is 0 Å². The molecule has 4 rings (SSSR count). The van der Waals surface area contributed by atoms with Crippen molar-refractivity contribution in [3.63, 3.8) is 0 Å². The Morgan fingerprint density at radius 1 is 0.367 bits per heavy atom. The second kappa shape index (κ2) is 8.50. The van der Waals surface area contributed by atoms with Gasteiger partial charge in [0.2, 0.25) is 0 Å². The van der Waals surface area contributed by atoms with Crippen LogP contribution < -0.4 is 0 Å². The maximum atomic E-state index is 12.6. The molecular weight excluding hydrogens is 372 g/mol. The first-order valence-corrected chi connectivity index (χ1v) is 9.56. The van der Waals surface area contributed by atoms with Gasteiger partial charge >= 0.3 is 0 Å². The second-order valence-corrected chi connectivity index (χ2v) is 6.97. The number of allylic oxidation sites excluding steroid dienone is 3. The third kappa shape index (κ3) is 4.47. The predicted octanol–water partition coefficient (Wildman–Crippen LogP) is 5.69. The lowest BCUT2D eigenvalue weighted by Gasteiger charge is -2.02. The average Bonchev–Trinajstić information content (AvgIpc) is 2.79. The zero-order valence-corrected chi connectivity index (χ0v) is 16.1. The summed E-state index contributed by atoms with van der Waals surface area (Å²) in [7, 11) is 0. The summed E-state index contributed by atoms with van der Waals surface area (Å²) in [5, 5.41) is 0. The van der Waals surface area contributed by atoms with Gasteiger partial charge in [-0.15, -0.1) is 0 Å². The molecule has 0 atom stereocenters. The number of rotatable bonds is 0. The van der Waals surface area contributed by atoms with E-state index in [-0.39, 0.29) is 17.3 Å². The monoisotopic (exact) mass is 390 g/mol. The van der Waals surface area contributed by atoms with E-state index >= 15 is 0 Å². The fraction of sp³-hybridized carbons (Fsp3) is 0. The molecule has 0 heterocycles. The van der Waals surface area contributed by atoms with Crippen LogP contribution in [0, 0.1) is 0 Å². The molecule has 0 fully saturated rings. The first-order chi connectivity index (χ1) is 14.6. The molecule has 0 unspecified atom stereocenters. The fourth-order valence-electron chi connectivity index (χ4n) is 3.19. The Hall–Kier alpha value is -4.11. The number of fused-ring (bicyclic) bond motifs is 6. The zero-order chi connectivity index (χ0) is 20.9. The molecule has 0 saturated heterocycles. The van der Waals surface area contributed by atoms with Crippen LogP contribution in [0.25, 0.3) is 18.2 Å². The minimum Gasteiger partial charge on any atom is -0.289 e. The third-order valence-electron chi connectivity index (χ3n) is 4.79. The van der Waals surface area contributed by atoms with E-state index in [1.165, 1.54) is 18.2 Å². The molecule has 30 heavy (non-hydrogen) atoms. The number of carbonyl (C=O) groups is 3. The molecule has 0 aliphatic heterocycles. The quantitative estimate of drug-likeness (QED) is 0.496. The van der Waals surface area contributed by atoms with E-state index in [1.807, 2.05) is 18.2 Å². The van der Waals surface area contributed by atoms with Gasteiger partial charge in [-0.1, -0.05) is 72.8 Å². The Balaban J connectivity index is 1.81. The van der Waals surface area contributed by atoms with Crippen molar-refractivity contribution in [2.24, 2.45) is 0 Å². The van der Waals surface area contributed by atoms with Gasteiger partial charge in [0.05, 0.1) is 0 Å². The highest BCUT2D eigenvalue weighted by Gasteiger charge is 2.07. The van der Waals surface area contributed by atoms with E-state index in [9.17, 15) is 14.4 Å². The summed E-state index contributed by atoms with van der Waals surface area (Å²) in [6, 6.07) is 21.3. The van der Waals surface area contributed by atoms with Crippen molar-refractivity contribution in [2.75, 3.05) is 0 Å². The molecule has 3 aromatic rings. The second-order valence-electron chi connectivity index (χ2n) is 6.97. The highest BCUT2D eigenvalue weighted by atomic mass is 16.1. The van der Waals surface area contributed by atoms with Gasteiger partial charge in [-0.3, -0.25) is 14.4 Å². The molecule has 1 aliphatic rings. The molecule has 0 N–H and O–H groups in total. The Labute approximate surface area is 174 Å². The summed E-state index contributed by atoms with van der Waals surface area (Å²) in [5.74, 6) is -0.453. The summed E-state index contributed by atoms with van der Waals surface area (Å²) < 4.78 is 0. The molecular formula is C27H18O3. The highest BCUT2D eigenvalue weighted by molar-refractivity contribution is 6.10. The van der Waals surface area contributed by atoms with Crippen LogP contribution in [0.3, 0.4) is 0 Å². The molecule has 0 aromatic heterocycles. The first-order valence-electron chi connectivity index (χ1n) is 9.56. The van der Waals surface area contributed by atoms with Gasteiger partial charge in [-0.2, -0.15) is 0 Å². The van der Waals surface area contributed by atoms with E-state index in [4.69, 9.17) is 0 Å². The van der Waals surface area contributed by atoms with Gasteiger partial charge < -0.3 is 0 Å². The maximum Gasteiger partial charge on any atom is 0.185 e. The lowest BCUT2D eigenvalue weighted by Crippen LogP contribution is -1.97. The van der Waals surface area contributed by atoms with Crippen molar-refractivity contribution >= 4 is 35.6 Å². The summed E-state index contributed by atoms with van der Waals surface area (Å²) in [4.78, 5) is 37.7. The molecule has 0 spiro atoms. The molecule has 0 saturated carbocycles. The van der Waals surface area contributed by atoms with Gasteiger partial charge in [0.15, 0.2) is 17.3 Å². The Morgan fingerprint density at radius 2 is 0.667 bits per heavy atom. The number of ketones is 3. The first kappa shape index (κ1) is 19.2. The van der Waals surface area contributed by atoms with Crippen molar-refractivity contribution in [1.82, 2.24) is 0 Å². The average molecular weight is 390 g/mol. The zero-order valence-electron chi connectivity index (χ0n) is 16.1. The molecule has 3 aromatic carbocycles. The summed E-state index contributed by atoms with van der Waals surface area (Å²) in [6.07, 6.45) is 9.55. The lowest BCUT2D eigenvalue weighted by atomic mass is 10.0. The van der Waals surface area contributed by atoms with Crippen LogP contribution in [0.2, 0.25) is 0 Å². The summed E-state index contributed by atoms with van der Waals surface area (Å²) in [5.41, 5.74) is 3.89. The molecule has 3 heteroatoms. The Morgan fingerprint density at radius 3 is 0.967 bits per heavy atom. The number of carbonyl (C=O) groups excluding carboxylic acids is 3. The van der Waals surface area contributed by atoms with Gasteiger partial charge in [-0.25, -0.2) is 0 Å². The van der Waals surface area contributed by atoms with Crippen LogP contribution in [0.15, 0.2) is 91.0 Å². The maximum absolute atomic E-state index is 12.6. The van der Waals surface area contributed by atoms with Crippen LogP contribution in [0.5, 0.6) is 0 Å². The van der Waals surface area contributed by atoms with E-state index in [0.29, 0.717) is 16.7 Å². The van der Waals surface area contributed by atoms with Crippen molar-refractivity contribution in [2.45, 2.75) is 0 Å². The van der Waals surface area contributed by atoms with Crippen molar-refractivity contribution in [3.05, 3.63) is 124 Å². The molecule has 3 nitrogen and oxygen atoms in total. The summed E-state index contributed by atoms with van der Waals surface area (Å²) in [6.45, 7) is 0. The predicted molar refractivity (Wildman–Crippen MR) is 119 cm³/mol. The number of hydrogen-bond donors (Lipinski definition) is 0. The van der Waals surface area contributed by atoms with Gasteiger partial charge in [0.1, 0.15) is 0 Å². The van der Waals surface area contributed by atoms with E-state index < -0.39 is 0 Å². The third-order valence-corrected chi connectivity index (χ3v) is 4.79. The fourth-order valence-corrected chi connectivity index (χ4v) is 3.19. The highest BCUT2D eigenvalue weighted by Crippen LogP contribution is 2.15. The largest absolute Gasteiger partial charge is 0.289 e. The van der Waals surface area contributed by atoms with Gasteiger partial charge in [0, 0.05) is 16.7 Å². The lowest BCUT2D eigenvalue weighted by molar-refractivity contribution is 0.104. The Kier molecular flexibility index (Phi) is 5.44. The molecule has 144 valence electrons. The van der Waals surface area contributed by atoms with Crippen LogP contribution in [-0.4, -0.2) is 17.3 Å².